The van der Waals surface area contributed by atoms with Gasteiger partial charge in [0.2, 0.25) is 29.5 Å². The number of carboxylic acids is 2. The molecule has 3 rings (SSSR count). The number of phenolic OH excluding ortho intramolecular Hbond substituents is 1. The first-order valence-electron chi connectivity index (χ1n) is 15.4. The first-order chi connectivity index (χ1) is 22.6. The van der Waals surface area contributed by atoms with Gasteiger partial charge in [-0.05, 0) is 56.7 Å². The van der Waals surface area contributed by atoms with Gasteiger partial charge in [-0.3, -0.25) is 28.8 Å². The zero-order valence-corrected chi connectivity index (χ0v) is 26.3. The van der Waals surface area contributed by atoms with Crippen molar-refractivity contribution in [2.75, 3.05) is 19.7 Å². The van der Waals surface area contributed by atoms with Crippen molar-refractivity contribution in [2.24, 2.45) is 5.73 Å². The maximum Gasteiger partial charge on any atom is 0.326 e. The number of likely N-dealkylation sites (tertiary alicyclic amines) is 2. The number of nitrogens with one attached hydrogen (secondary N) is 3. The van der Waals surface area contributed by atoms with Gasteiger partial charge in [0.25, 0.3) is 0 Å². The van der Waals surface area contributed by atoms with Crippen LogP contribution in [0.4, 0.5) is 0 Å². The number of amides is 5. The Kier molecular flexibility index (Phi) is 13.2. The van der Waals surface area contributed by atoms with Crippen LogP contribution in [0, 0.1) is 0 Å². The van der Waals surface area contributed by atoms with E-state index in [1.807, 2.05) is 0 Å². The Balaban J connectivity index is 1.67. The number of carbonyl (C=O) groups excluding carboxylic acids is 5. The van der Waals surface area contributed by atoms with Crippen LogP contribution in [0.25, 0.3) is 0 Å². The third kappa shape index (κ3) is 9.61. The van der Waals surface area contributed by atoms with Gasteiger partial charge >= 0.3 is 11.9 Å². The molecule has 0 spiro atoms. The van der Waals surface area contributed by atoms with E-state index in [1.54, 1.807) is 12.1 Å². The molecule has 0 saturated carbocycles. The highest BCUT2D eigenvalue weighted by atomic mass is 16.4. The predicted molar refractivity (Wildman–Crippen MR) is 164 cm³/mol. The Labute approximate surface area is 275 Å². The number of carbonyl (C=O) groups is 7. The molecule has 2 saturated heterocycles. The van der Waals surface area contributed by atoms with E-state index in [4.69, 9.17) is 5.73 Å². The molecule has 0 aliphatic carbocycles. The minimum absolute atomic E-state index is 0.0259. The molecule has 0 aromatic heterocycles. The fourth-order valence-corrected chi connectivity index (χ4v) is 5.72. The largest absolute Gasteiger partial charge is 0.508 e. The van der Waals surface area contributed by atoms with Crippen LogP contribution < -0.4 is 21.7 Å². The number of benzene rings is 1. The van der Waals surface area contributed by atoms with Gasteiger partial charge in [0, 0.05) is 13.1 Å². The summed E-state index contributed by atoms with van der Waals surface area (Å²) < 4.78 is 0. The summed E-state index contributed by atoms with van der Waals surface area (Å²) in [6, 6.07) is -2.40. The molecule has 1 aromatic rings. The molecule has 0 bridgehead atoms. The van der Waals surface area contributed by atoms with Gasteiger partial charge in [0.15, 0.2) is 0 Å². The summed E-state index contributed by atoms with van der Waals surface area (Å²) in [5.74, 6) is -7.23. The molecule has 48 heavy (non-hydrogen) atoms. The summed E-state index contributed by atoms with van der Waals surface area (Å²) >= 11 is 0. The maximum atomic E-state index is 13.4. The van der Waals surface area contributed by atoms with E-state index < -0.39 is 96.9 Å². The number of aromatic hydroxyl groups is 1. The lowest BCUT2D eigenvalue weighted by atomic mass is 10.1. The highest BCUT2D eigenvalue weighted by Gasteiger charge is 2.42. The number of aliphatic hydroxyl groups is 2. The lowest BCUT2D eigenvalue weighted by Crippen LogP contribution is -2.61. The molecule has 0 unspecified atom stereocenters. The second-order valence-electron chi connectivity index (χ2n) is 11.8. The Morgan fingerprint density at radius 2 is 1.40 bits per heavy atom. The average Bonchev–Trinajstić information content (AvgIpc) is 3.73. The number of hydrogen-bond acceptors (Lipinski definition) is 11. The van der Waals surface area contributed by atoms with Crippen molar-refractivity contribution in [3.63, 3.8) is 0 Å². The molecule has 1 aromatic carbocycles. The normalized spacial score (nSPS) is 20.6. The van der Waals surface area contributed by atoms with Gasteiger partial charge in [-0.25, -0.2) is 4.79 Å². The van der Waals surface area contributed by atoms with E-state index in [2.05, 4.69) is 16.0 Å². The van der Waals surface area contributed by atoms with Crippen LogP contribution in [0.3, 0.4) is 0 Å². The summed E-state index contributed by atoms with van der Waals surface area (Å²) in [5, 5.41) is 55.4. The molecule has 7 atom stereocenters. The molecule has 18 nitrogen and oxygen atoms in total. The standard InChI is InChI=1S/C30H42N6O12/c1-15(38)24(27(44)32-19(13-23(40)41)28(45)36-11-3-5-22(36)30(47)48)34-26(43)21-4-2-10-35(21)29(46)20(14-37)33-25(42)18(31)12-16-6-8-17(39)9-7-16/h6-9,15,18-22,24,37-39H,2-5,10-14,31H2,1H3,(H,32,44)(H,33,42)(H,34,43)(H,40,41)(H,47,48)/t15-,18+,19+,20+,21+,22+,24+/m1/s1. The van der Waals surface area contributed by atoms with Crippen LogP contribution in [-0.4, -0.2) is 139 Å². The lowest BCUT2D eigenvalue weighted by Gasteiger charge is -2.31. The lowest BCUT2D eigenvalue weighted by molar-refractivity contribution is -0.151. The molecule has 2 fully saturated rings. The minimum atomic E-state index is -1.71. The number of hydrogen-bond donors (Lipinski definition) is 9. The van der Waals surface area contributed by atoms with Crippen LogP contribution in [-0.2, 0) is 40.0 Å². The zero-order chi connectivity index (χ0) is 35.7. The van der Waals surface area contributed by atoms with Gasteiger partial charge < -0.3 is 57.0 Å². The van der Waals surface area contributed by atoms with E-state index in [-0.39, 0.29) is 38.1 Å². The molecule has 2 heterocycles. The third-order valence-electron chi connectivity index (χ3n) is 8.24. The Hall–Kier alpha value is -4.81. The minimum Gasteiger partial charge on any atom is -0.508 e. The summed E-state index contributed by atoms with van der Waals surface area (Å²) in [7, 11) is 0. The van der Waals surface area contributed by atoms with Crippen LogP contribution in [0.15, 0.2) is 24.3 Å². The molecule has 2 aliphatic heterocycles. The topological polar surface area (TPSA) is 289 Å². The molecule has 18 heteroatoms. The van der Waals surface area contributed by atoms with Gasteiger partial charge in [0.05, 0.1) is 25.2 Å². The number of nitrogens with two attached hydrogens (primary N) is 1. The van der Waals surface area contributed by atoms with Crippen molar-refractivity contribution < 1.29 is 59.1 Å². The fraction of sp³-hybridized carbons (Fsp3) is 0.567. The number of carboxylic acid groups (broad SMARTS) is 2. The quantitative estimate of drug-likeness (QED) is 0.0877. The van der Waals surface area contributed by atoms with Gasteiger partial charge in [-0.1, -0.05) is 12.1 Å². The summed E-state index contributed by atoms with van der Waals surface area (Å²) in [6.45, 7) is 0.433. The monoisotopic (exact) mass is 678 g/mol. The van der Waals surface area contributed by atoms with Crippen LogP contribution in [0.1, 0.15) is 44.6 Å². The zero-order valence-electron chi connectivity index (χ0n) is 26.3. The van der Waals surface area contributed by atoms with E-state index in [1.165, 1.54) is 12.1 Å². The Morgan fingerprint density at radius 1 is 0.854 bits per heavy atom. The smallest absolute Gasteiger partial charge is 0.326 e. The number of aliphatic carboxylic acids is 2. The average molecular weight is 679 g/mol. The highest BCUT2D eigenvalue weighted by molar-refractivity contribution is 5.97. The van der Waals surface area contributed by atoms with E-state index in [9.17, 15) is 59.1 Å². The number of aliphatic hydroxyl groups excluding tert-OH is 2. The van der Waals surface area contributed by atoms with E-state index in [0.717, 1.165) is 16.7 Å². The van der Waals surface area contributed by atoms with Gasteiger partial charge in [0.1, 0.15) is 36.0 Å². The van der Waals surface area contributed by atoms with Crippen molar-refractivity contribution in [1.29, 1.82) is 0 Å². The summed E-state index contributed by atoms with van der Waals surface area (Å²) in [5.41, 5.74) is 6.61. The van der Waals surface area contributed by atoms with Gasteiger partial charge in [-0.15, -0.1) is 0 Å². The van der Waals surface area contributed by atoms with Crippen molar-refractivity contribution >= 4 is 41.5 Å². The van der Waals surface area contributed by atoms with Gasteiger partial charge in [-0.2, -0.15) is 0 Å². The molecule has 2 aliphatic rings. The highest BCUT2D eigenvalue weighted by Crippen LogP contribution is 2.21. The molecule has 5 amide bonds. The Bertz CT molecular complexity index is 1370. The molecular weight excluding hydrogens is 636 g/mol. The second-order valence-corrected chi connectivity index (χ2v) is 11.8. The number of nitrogens with zero attached hydrogens (tertiary/aromatic N) is 2. The van der Waals surface area contributed by atoms with Crippen molar-refractivity contribution in [3.05, 3.63) is 29.8 Å². The summed E-state index contributed by atoms with van der Waals surface area (Å²) in [4.78, 5) is 90.9. The Morgan fingerprint density at radius 3 is 1.94 bits per heavy atom. The fourth-order valence-electron chi connectivity index (χ4n) is 5.72. The first-order valence-corrected chi connectivity index (χ1v) is 15.4. The van der Waals surface area contributed by atoms with Crippen LogP contribution in [0.2, 0.25) is 0 Å². The first kappa shape index (κ1) is 37.6. The summed E-state index contributed by atoms with van der Waals surface area (Å²) in [6.07, 6.45) is -1.42. The van der Waals surface area contributed by atoms with Crippen molar-refractivity contribution in [3.8, 4) is 5.75 Å². The van der Waals surface area contributed by atoms with Crippen LogP contribution in [0.5, 0.6) is 5.75 Å². The van der Waals surface area contributed by atoms with Crippen molar-refractivity contribution in [2.45, 2.75) is 87.8 Å². The molecular formula is C30H42N6O12. The molecule has 10 N–H and O–H groups in total. The molecule has 0 radical (unpaired) electrons. The van der Waals surface area contributed by atoms with Crippen LogP contribution >= 0.6 is 0 Å². The predicted octanol–water partition coefficient (Wildman–Crippen LogP) is -3.37. The molecule has 264 valence electrons. The maximum absolute atomic E-state index is 13.4. The number of phenols is 1. The number of rotatable bonds is 15. The van der Waals surface area contributed by atoms with E-state index >= 15 is 0 Å². The van der Waals surface area contributed by atoms with E-state index in [0.29, 0.717) is 18.4 Å². The second kappa shape index (κ2) is 16.8. The third-order valence-corrected chi connectivity index (χ3v) is 8.24. The SMILES string of the molecule is C[C@@H](O)[C@H](NC(=O)[C@@H]1CCCN1C(=O)[C@H](CO)NC(=O)[C@@H](N)Cc1ccc(O)cc1)C(=O)N[C@@H](CC(=O)O)C(=O)N1CCC[C@H]1C(=O)O. The van der Waals surface area contributed by atoms with Crippen molar-refractivity contribution in [1.82, 2.24) is 25.8 Å².